The molecule has 4 nitrogen and oxygen atoms in total. The van der Waals surface area contributed by atoms with E-state index in [2.05, 4.69) is 0 Å². The number of hydrogen-bond acceptors (Lipinski definition) is 4. The number of rotatable bonds is 0. The molecule has 0 aromatic heterocycles. The van der Waals surface area contributed by atoms with Gasteiger partial charge in [-0.3, -0.25) is 9.59 Å². The van der Waals surface area contributed by atoms with Crippen LogP contribution in [0.25, 0.3) is 0 Å². The van der Waals surface area contributed by atoms with Crippen LogP contribution in [0.5, 0.6) is 5.75 Å². The summed E-state index contributed by atoms with van der Waals surface area (Å²) in [6.07, 6.45) is 0. The fourth-order valence-electron chi connectivity index (χ4n) is 2.47. The third kappa shape index (κ3) is 1.46. The Hall–Kier alpha value is -2.62. The number of nitrogen functional groups attached to an aromatic ring is 1. The van der Waals surface area contributed by atoms with E-state index in [-0.39, 0.29) is 33.9 Å². The lowest BCUT2D eigenvalue weighted by Gasteiger charge is -2.20. The number of anilines is 1. The average Bonchev–Trinajstić information content (AvgIpc) is 2.34. The van der Waals surface area contributed by atoms with Gasteiger partial charge in [-0.2, -0.15) is 0 Å². The largest absolute Gasteiger partial charge is 0.507 e. The van der Waals surface area contributed by atoms with E-state index in [4.69, 9.17) is 5.73 Å². The Morgan fingerprint density at radius 1 is 1.00 bits per heavy atom. The zero-order valence-corrected chi connectivity index (χ0v) is 10.2. The summed E-state index contributed by atoms with van der Waals surface area (Å²) in [6, 6.07) is 7.87. The van der Waals surface area contributed by atoms with Crippen LogP contribution in [0.1, 0.15) is 37.4 Å². The summed E-state index contributed by atoms with van der Waals surface area (Å²) >= 11 is 0. The molecule has 0 atom stereocenters. The van der Waals surface area contributed by atoms with E-state index in [0.717, 1.165) is 5.56 Å². The standard InChI is InChI=1S/C15H11NO3/c1-7-5-9-13(11(17)6-7)15(19)12-8(14(9)18)3-2-4-10(12)16/h2-6,17H,16H2,1H3. The summed E-state index contributed by atoms with van der Waals surface area (Å²) in [5, 5.41) is 9.93. The van der Waals surface area contributed by atoms with Gasteiger partial charge in [0.15, 0.2) is 11.6 Å². The predicted molar refractivity (Wildman–Crippen MR) is 70.6 cm³/mol. The van der Waals surface area contributed by atoms with Crippen LogP contribution in [0.3, 0.4) is 0 Å². The maximum Gasteiger partial charge on any atom is 0.200 e. The lowest BCUT2D eigenvalue weighted by Crippen LogP contribution is -2.22. The monoisotopic (exact) mass is 253 g/mol. The molecule has 2 aromatic rings. The van der Waals surface area contributed by atoms with Crippen LogP contribution in [0.15, 0.2) is 30.3 Å². The van der Waals surface area contributed by atoms with Crippen molar-refractivity contribution in [1.82, 2.24) is 0 Å². The molecule has 4 heteroatoms. The van der Waals surface area contributed by atoms with Crippen molar-refractivity contribution in [3.8, 4) is 5.75 Å². The highest BCUT2D eigenvalue weighted by Crippen LogP contribution is 2.35. The molecule has 0 aliphatic heterocycles. The molecule has 0 saturated heterocycles. The zero-order chi connectivity index (χ0) is 13.7. The molecule has 0 heterocycles. The highest BCUT2D eigenvalue weighted by Gasteiger charge is 2.33. The number of benzene rings is 2. The first-order chi connectivity index (χ1) is 9.00. The van der Waals surface area contributed by atoms with Gasteiger partial charge in [0, 0.05) is 16.8 Å². The van der Waals surface area contributed by atoms with Gasteiger partial charge < -0.3 is 10.8 Å². The van der Waals surface area contributed by atoms with Crippen molar-refractivity contribution >= 4 is 17.3 Å². The summed E-state index contributed by atoms with van der Waals surface area (Å²) in [6.45, 7) is 1.76. The molecule has 19 heavy (non-hydrogen) atoms. The normalized spacial score (nSPS) is 13.1. The van der Waals surface area contributed by atoms with E-state index in [9.17, 15) is 14.7 Å². The minimum atomic E-state index is -0.403. The van der Waals surface area contributed by atoms with E-state index in [1.165, 1.54) is 6.07 Å². The number of aryl methyl sites for hydroxylation is 1. The van der Waals surface area contributed by atoms with Gasteiger partial charge in [-0.15, -0.1) is 0 Å². The molecule has 3 N–H and O–H groups in total. The number of phenols is 1. The minimum absolute atomic E-state index is 0.0426. The van der Waals surface area contributed by atoms with Crippen molar-refractivity contribution in [2.45, 2.75) is 6.92 Å². The number of phenolic OH excluding ortho intramolecular Hbond substituents is 1. The van der Waals surface area contributed by atoms with Gasteiger partial charge in [-0.25, -0.2) is 0 Å². The van der Waals surface area contributed by atoms with E-state index < -0.39 is 5.78 Å². The Morgan fingerprint density at radius 2 is 1.74 bits per heavy atom. The van der Waals surface area contributed by atoms with Gasteiger partial charge in [0.25, 0.3) is 0 Å². The lowest BCUT2D eigenvalue weighted by molar-refractivity contribution is 0.0977. The lowest BCUT2D eigenvalue weighted by atomic mass is 9.82. The Bertz CT molecular complexity index is 747. The number of carbonyl (C=O) groups is 2. The molecular formula is C15H11NO3. The van der Waals surface area contributed by atoms with Crippen molar-refractivity contribution in [1.29, 1.82) is 0 Å². The van der Waals surface area contributed by atoms with Crippen LogP contribution < -0.4 is 5.73 Å². The fraction of sp³-hybridized carbons (Fsp3) is 0.0667. The van der Waals surface area contributed by atoms with Crippen LogP contribution in [-0.4, -0.2) is 16.7 Å². The molecule has 0 saturated carbocycles. The van der Waals surface area contributed by atoms with Gasteiger partial charge in [-0.05, 0) is 30.7 Å². The number of hydrogen-bond donors (Lipinski definition) is 2. The molecule has 0 fully saturated rings. The second-order valence-corrected chi connectivity index (χ2v) is 4.63. The minimum Gasteiger partial charge on any atom is -0.507 e. The fourth-order valence-corrected chi connectivity index (χ4v) is 2.47. The quantitative estimate of drug-likeness (QED) is 0.601. The Kier molecular flexibility index (Phi) is 2.22. The average molecular weight is 253 g/mol. The van der Waals surface area contributed by atoms with Gasteiger partial charge in [0.05, 0.1) is 11.1 Å². The van der Waals surface area contributed by atoms with Crippen LogP contribution in [0, 0.1) is 6.92 Å². The highest BCUT2D eigenvalue weighted by atomic mass is 16.3. The van der Waals surface area contributed by atoms with Crippen LogP contribution in [0.4, 0.5) is 5.69 Å². The van der Waals surface area contributed by atoms with E-state index in [1.807, 2.05) is 0 Å². The third-order valence-corrected chi connectivity index (χ3v) is 3.30. The van der Waals surface area contributed by atoms with Crippen molar-refractivity contribution in [3.05, 3.63) is 58.1 Å². The first-order valence-electron chi connectivity index (χ1n) is 5.82. The number of ketones is 2. The molecular weight excluding hydrogens is 242 g/mol. The topological polar surface area (TPSA) is 80.4 Å². The summed E-state index contributed by atoms with van der Waals surface area (Å²) in [5.74, 6) is -0.863. The van der Waals surface area contributed by atoms with Gasteiger partial charge in [-0.1, -0.05) is 12.1 Å². The Labute approximate surface area is 109 Å². The molecule has 1 aliphatic rings. The summed E-state index contributed by atoms with van der Waals surface area (Å²) < 4.78 is 0. The van der Waals surface area contributed by atoms with Crippen molar-refractivity contribution in [3.63, 3.8) is 0 Å². The molecule has 1 aliphatic carbocycles. The first-order valence-corrected chi connectivity index (χ1v) is 5.82. The number of aromatic hydroxyl groups is 1. The first kappa shape index (κ1) is 11.5. The molecule has 0 radical (unpaired) electrons. The zero-order valence-electron chi connectivity index (χ0n) is 10.2. The van der Waals surface area contributed by atoms with Crippen LogP contribution in [0.2, 0.25) is 0 Å². The molecule has 0 bridgehead atoms. The molecule has 2 aromatic carbocycles. The predicted octanol–water partition coefficient (Wildman–Crippen LogP) is 2.06. The van der Waals surface area contributed by atoms with Crippen LogP contribution in [-0.2, 0) is 0 Å². The Balaban J connectivity index is 2.40. The number of carbonyl (C=O) groups excluding carboxylic acids is 2. The van der Waals surface area contributed by atoms with Gasteiger partial charge in [0.2, 0.25) is 0 Å². The summed E-state index contributed by atoms with van der Waals surface area (Å²) in [7, 11) is 0. The SMILES string of the molecule is Cc1cc(O)c2c(c1)C(=O)c1cccc(N)c1C2=O. The molecule has 3 rings (SSSR count). The second-order valence-electron chi connectivity index (χ2n) is 4.63. The van der Waals surface area contributed by atoms with Crippen LogP contribution >= 0.6 is 0 Å². The summed E-state index contributed by atoms with van der Waals surface area (Å²) in [4.78, 5) is 24.8. The third-order valence-electron chi connectivity index (χ3n) is 3.30. The van der Waals surface area contributed by atoms with Gasteiger partial charge in [0.1, 0.15) is 5.75 Å². The van der Waals surface area contributed by atoms with E-state index in [0.29, 0.717) is 5.56 Å². The summed E-state index contributed by atoms with van der Waals surface area (Å²) in [5.41, 5.74) is 7.51. The Morgan fingerprint density at radius 3 is 2.47 bits per heavy atom. The molecule has 0 spiro atoms. The maximum atomic E-state index is 12.4. The smallest absolute Gasteiger partial charge is 0.200 e. The van der Waals surface area contributed by atoms with Crippen molar-refractivity contribution in [2.75, 3.05) is 5.73 Å². The number of nitrogens with two attached hydrogens (primary N) is 1. The number of fused-ring (bicyclic) bond motifs is 2. The van der Waals surface area contributed by atoms with E-state index >= 15 is 0 Å². The van der Waals surface area contributed by atoms with Crippen molar-refractivity contribution < 1.29 is 14.7 Å². The molecule has 94 valence electrons. The highest BCUT2D eigenvalue weighted by molar-refractivity contribution is 6.30. The molecule has 0 amide bonds. The second kappa shape index (κ2) is 3.68. The van der Waals surface area contributed by atoms with E-state index in [1.54, 1.807) is 31.2 Å². The maximum absolute atomic E-state index is 12.4. The van der Waals surface area contributed by atoms with Gasteiger partial charge >= 0.3 is 0 Å². The molecule has 0 unspecified atom stereocenters. The van der Waals surface area contributed by atoms with Crippen molar-refractivity contribution in [2.24, 2.45) is 0 Å².